The fraction of sp³-hybridized carbons (Fsp3) is 0.667. The lowest BCUT2D eigenvalue weighted by molar-refractivity contribution is -0.127. The Balaban J connectivity index is 2.33. The Morgan fingerprint density at radius 2 is 2.00 bits per heavy atom. The number of hydrogen-bond acceptors (Lipinski definition) is 4. The number of nitrogens with zero attached hydrogens (tertiary/aromatic N) is 2. The molecule has 2 N–H and O–H groups in total. The van der Waals surface area contributed by atoms with Gasteiger partial charge in [-0.05, 0) is 25.0 Å². The molecule has 0 aliphatic heterocycles. The van der Waals surface area contributed by atoms with Crippen molar-refractivity contribution in [1.29, 1.82) is 0 Å². The Bertz CT molecular complexity index is 487. The van der Waals surface area contributed by atoms with Gasteiger partial charge in [0, 0.05) is 46.8 Å². The number of nitrogens with one attached hydrogen (secondary N) is 2. The van der Waals surface area contributed by atoms with Crippen LogP contribution in [0.15, 0.2) is 27.8 Å². The lowest BCUT2D eigenvalue weighted by Gasteiger charge is -2.13. The number of carbonyl (C=O) groups excluding carboxylic acids is 1. The van der Waals surface area contributed by atoms with Gasteiger partial charge in [0.1, 0.15) is 12.3 Å². The number of unbranched alkanes of at least 4 members (excludes halogenated alkanes) is 1. The highest BCUT2D eigenvalue weighted by atomic mass is 16.5. The van der Waals surface area contributed by atoms with Crippen LogP contribution < -0.4 is 10.6 Å². The van der Waals surface area contributed by atoms with Crippen molar-refractivity contribution in [2.24, 2.45) is 4.99 Å². The van der Waals surface area contributed by atoms with Crippen molar-refractivity contribution < 1.29 is 13.9 Å². The predicted molar refractivity (Wildman–Crippen MR) is 99.8 cm³/mol. The van der Waals surface area contributed by atoms with Crippen LogP contribution in [0.3, 0.4) is 0 Å². The molecule has 0 aliphatic carbocycles. The van der Waals surface area contributed by atoms with E-state index in [4.69, 9.17) is 9.15 Å². The van der Waals surface area contributed by atoms with Gasteiger partial charge in [0.15, 0.2) is 5.96 Å². The SMILES string of the molecule is CCCCOCCCNC(=NCC(=O)N(C)C)NCCc1ccco1. The summed E-state index contributed by atoms with van der Waals surface area (Å²) in [6.45, 7) is 5.24. The Morgan fingerprint density at radius 3 is 2.68 bits per heavy atom. The fourth-order valence-corrected chi connectivity index (χ4v) is 1.95. The van der Waals surface area contributed by atoms with E-state index in [0.29, 0.717) is 12.5 Å². The molecule has 7 heteroatoms. The summed E-state index contributed by atoms with van der Waals surface area (Å²) >= 11 is 0. The summed E-state index contributed by atoms with van der Waals surface area (Å²) in [5.74, 6) is 1.52. The molecule has 142 valence electrons. The van der Waals surface area contributed by atoms with E-state index in [9.17, 15) is 4.79 Å². The highest BCUT2D eigenvalue weighted by Crippen LogP contribution is 1.99. The van der Waals surface area contributed by atoms with Crippen molar-refractivity contribution in [3.05, 3.63) is 24.2 Å². The first-order valence-corrected chi connectivity index (χ1v) is 8.96. The van der Waals surface area contributed by atoms with Gasteiger partial charge in [0.25, 0.3) is 0 Å². The van der Waals surface area contributed by atoms with Gasteiger partial charge in [-0.25, -0.2) is 4.99 Å². The maximum Gasteiger partial charge on any atom is 0.243 e. The van der Waals surface area contributed by atoms with Gasteiger partial charge in [-0.15, -0.1) is 0 Å². The van der Waals surface area contributed by atoms with E-state index in [1.165, 1.54) is 4.90 Å². The highest BCUT2D eigenvalue weighted by Gasteiger charge is 2.05. The standard InChI is InChI=1S/C18H32N4O3/c1-4-5-12-24-13-7-10-19-18(21-15-17(23)22(2)3)20-11-9-16-8-6-14-25-16/h6,8,14H,4-5,7,9-13,15H2,1-3H3,(H2,19,20,21). The van der Waals surface area contributed by atoms with Crippen LogP contribution in [-0.2, 0) is 16.0 Å². The van der Waals surface area contributed by atoms with Crippen LogP contribution in [0.2, 0.25) is 0 Å². The molecule has 0 aromatic carbocycles. The first-order chi connectivity index (χ1) is 12.1. The third-order valence-corrected chi connectivity index (χ3v) is 3.52. The molecular formula is C18H32N4O3. The molecule has 25 heavy (non-hydrogen) atoms. The summed E-state index contributed by atoms with van der Waals surface area (Å²) in [5.41, 5.74) is 0. The van der Waals surface area contributed by atoms with Gasteiger partial charge < -0.3 is 24.7 Å². The van der Waals surface area contributed by atoms with E-state index in [1.54, 1.807) is 20.4 Å². The Labute approximate surface area is 150 Å². The van der Waals surface area contributed by atoms with E-state index in [2.05, 4.69) is 22.5 Å². The number of amides is 1. The van der Waals surface area contributed by atoms with Gasteiger partial charge >= 0.3 is 0 Å². The van der Waals surface area contributed by atoms with Crippen molar-refractivity contribution in [2.75, 3.05) is 46.9 Å². The second-order valence-corrected chi connectivity index (χ2v) is 5.96. The molecular weight excluding hydrogens is 320 g/mol. The van der Waals surface area contributed by atoms with Crippen LogP contribution in [0, 0.1) is 0 Å². The molecule has 0 unspecified atom stereocenters. The second kappa shape index (κ2) is 13.3. The van der Waals surface area contributed by atoms with Crippen LogP contribution in [0.4, 0.5) is 0 Å². The maximum atomic E-state index is 11.7. The first-order valence-electron chi connectivity index (χ1n) is 8.96. The number of furan rings is 1. The van der Waals surface area contributed by atoms with Crippen LogP contribution in [0.1, 0.15) is 31.9 Å². The summed E-state index contributed by atoms with van der Waals surface area (Å²) in [7, 11) is 3.45. The minimum atomic E-state index is -0.0324. The van der Waals surface area contributed by atoms with Crippen molar-refractivity contribution in [1.82, 2.24) is 15.5 Å². The molecule has 0 spiro atoms. The van der Waals surface area contributed by atoms with Gasteiger partial charge in [-0.3, -0.25) is 4.79 Å². The molecule has 0 radical (unpaired) electrons. The Hall–Kier alpha value is -2.02. The Morgan fingerprint density at radius 1 is 1.24 bits per heavy atom. The lowest BCUT2D eigenvalue weighted by atomic mass is 10.3. The molecule has 1 aromatic heterocycles. The predicted octanol–water partition coefficient (Wildman–Crippen LogP) is 1.65. The summed E-state index contributed by atoms with van der Waals surface area (Å²) in [4.78, 5) is 17.6. The number of hydrogen-bond donors (Lipinski definition) is 2. The minimum Gasteiger partial charge on any atom is -0.469 e. The van der Waals surface area contributed by atoms with E-state index < -0.39 is 0 Å². The summed E-state index contributed by atoms with van der Waals surface area (Å²) < 4.78 is 10.9. The van der Waals surface area contributed by atoms with Crippen molar-refractivity contribution >= 4 is 11.9 Å². The zero-order valence-electron chi connectivity index (χ0n) is 15.7. The lowest BCUT2D eigenvalue weighted by Crippen LogP contribution is -2.40. The fourth-order valence-electron chi connectivity index (χ4n) is 1.95. The molecule has 0 fully saturated rings. The van der Waals surface area contributed by atoms with Crippen molar-refractivity contribution in [2.45, 2.75) is 32.6 Å². The highest BCUT2D eigenvalue weighted by molar-refractivity contribution is 5.84. The minimum absolute atomic E-state index is 0.0324. The zero-order valence-corrected chi connectivity index (χ0v) is 15.7. The first kappa shape index (κ1) is 21.0. The number of rotatable bonds is 12. The average molecular weight is 352 g/mol. The molecule has 0 saturated heterocycles. The largest absolute Gasteiger partial charge is 0.469 e. The van der Waals surface area contributed by atoms with Gasteiger partial charge in [-0.2, -0.15) is 0 Å². The third kappa shape index (κ3) is 10.4. The number of carbonyl (C=O) groups is 1. The Kier molecular flexibility index (Phi) is 11.2. The number of likely N-dealkylation sites (N-methyl/N-ethyl adjacent to an activating group) is 1. The van der Waals surface area contributed by atoms with Gasteiger partial charge in [-0.1, -0.05) is 13.3 Å². The number of guanidine groups is 1. The van der Waals surface area contributed by atoms with Crippen LogP contribution in [0.5, 0.6) is 0 Å². The van der Waals surface area contributed by atoms with Crippen LogP contribution >= 0.6 is 0 Å². The van der Waals surface area contributed by atoms with Gasteiger partial charge in [0.05, 0.1) is 6.26 Å². The molecule has 1 rings (SSSR count). The molecule has 0 aliphatic rings. The maximum absolute atomic E-state index is 11.7. The summed E-state index contributed by atoms with van der Waals surface area (Å²) in [6, 6.07) is 3.81. The molecule has 7 nitrogen and oxygen atoms in total. The molecule has 0 bridgehead atoms. The normalized spacial score (nSPS) is 11.4. The van der Waals surface area contributed by atoms with Crippen LogP contribution in [-0.4, -0.2) is 63.7 Å². The quantitative estimate of drug-likeness (QED) is 0.340. The van der Waals surface area contributed by atoms with Gasteiger partial charge in [0.2, 0.25) is 5.91 Å². The van der Waals surface area contributed by atoms with E-state index in [1.807, 2.05) is 12.1 Å². The molecule has 0 saturated carbocycles. The van der Waals surface area contributed by atoms with E-state index in [0.717, 1.165) is 51.2 Å². The van der Waals surface area contributed by atoms with Crippen molar-refractivity contribution in [3.63, 3.8) is 0 Å². The average Bonchev–Trinajstić information content (AvgIpc) is 3.11. The summed E-state index contributed by atoms with van der Waals surface area (Å²) in [6.07, 6.45) is 5.56. The van der Waals surface area contributed by atoms with Crippen molar-refractivity contribution in [3.8, 4) is 0 Å². The summed E-state index contributed by atoms with van der Waals surface area (Å²) in [5, 5.41) is 6.47. The van der Waals surface area contributed by atoms with E-state index >= 15 is 0 Å². The zero-order chi connectivity index (χ0) is 18.3. The topological polar surface area (TPSA) is 79.1 Å². The molecule has 1 aromatic rings. The smallest absolute Gasteiger partial charge is 0.243 e. The monoisotopic (exact) mass is 352 g/mol. The second-order valence-electron chi connectivity index (χ2n) is 5.96. The molecule has 0 atom stereocenters. The molecule has 1 heterocycles. The number of ether oxygens (including phenoxy) is 1. The number of aliphatic imine (C=N–C) groups is 1. The molecule has 1 amide bonds. The third-order valence-electron chi connectivity index (χ3n) is 3.52. The van der Waals surface area contributed by atoms with E-state index in [-0.39, 0.29) is 12.5 Å². The van der Waals surface area contributed by atoms with Crippen LogP contribution in [0.25, 0.3) is 0 Å².